The second kappa shape index (κ2) is 10.1. The first-order valence-electron chi connectivity index (χ1n) is 7.52. The van der Waals surface area contributed by atoms with Crippen molar-refractivity contribution in [1.29, 1.82) is 0 Å². The molecular formula is C13H28N2S4. The van der Waals surface area contributed by atoms with Crippen LogP contribution in [0.4, 0.5) is 0 Å². The van der Waals surface area contributed by atoms with E-state index in [9.17, 15) is 0 Å². The quantitative estimate of drug-likeness (QED) is 0.391. The van der Waals surface area contributed by atoms with Gasteiger partial charge in [0.05, 0.1) is 4.58 Å². The van der Waals surface area contributed by atoms with Crippen LogP contribution in [0.1, 0.15) is 38.5 Å². The summed E-state index contributed by atoms with van der Waals surface area (Å²) in [6.07, 6.45) is 8.26. The maximum absolute atomic E-state index is 5.55. The summed E-state index contributed by atoms with van der Waals surface area (Å²) in [5.74, 6) is 2.76. The van der Waals surface area contributed by atoms with Gasteiger partial charge in [-0.1, -0.05) is 34.4 Å². The molecule has 0 bridgehead atoms. The van der Waals surface area contributed by atoms with Gasteiger partial charge >= 0.3 is 0 Å². The average Bonchev–Trinajstić information content (AvgIpc) is 2.73. The Morgan fingerprint density at radius 1 is 1.11 bits per heavy atom. The Labute approximate surface area is 132 Å². The number of rotatable bonds is 6. The Bertz CT molecular complexity index is 227. The summed E-state index contributed by atoms with van der Waals surface area (Å²) in [6, 6.07) is 0. The first-order chi connectivity index (χ1) is 9.40. The lowest BCUT2D eigenvalue weighted by atomic mass is 10.1. The Hall–Kier alpha value is 1.32. The summed E-state index contributed by atoms with van der Waals surface area (Å²) >= 11 is 0. The van der Waals surface area contributed by atoms with Crippen LogP contribution in [0.25, 0.3) is 0 Å². The van der Waals surface area contributed by atoms with Crippen molar-refractivity contribution in [2.24, 2.45) is 5.73 Å². The van der Waals surface area contributed by atoms with Gasteiger partial charge in [0.2, 0.25) is 0 Å². The van der Waals surface area contributed by atoms with Crippen LogP contribution < -0.4 is 11.1 Å². The van der Waals surface area contributed by atoms with Crippen LogP contribution in [0.3, 0.4) is 0 Å². The Kier molecular flexibility index (Phi) is 8.88. The lowest BCUT2D eigenvalue weighted by Gasteiger charge is -2.34. The first-order valence-corrected chi connectivity index (χ1v) is 13.0. The minimum atomic E-state index is 0.226. The van der Waals surface area contributed by atoms with E-state index in [2.05, 4.69) is 37.7 Å². The topological polar surface area (TPSA) is 38.0 Å². The summed E-state index contributed by atoms with van der Waals surface area (Å²) in [5, 5.41) is 4.45. The van der Waals surface area contributed by atoms with Crippen molar-refractivity contribution in [1.82, 2.24) is 5.32 Å². The number of unbranched alkanes of at least 4 members (excludes halogenated alkanes) is 2. The van der Waals surface area contributed by atoms with Gasteiger partial charge in [0.1, 0.15) is 0 Å². The van der Waals surface area contributed by atoms with E-state index in [0.717, 1.165) is 16.4 Å². The highest BCUT2D eigenvalue weighted by molar-refractivity contribution is 8.91. The predicted octanol–water partition coefficient (Wildman–Crippen LogP) is 3.63. The average molecular weight is 341 g/mol. The number of thiol groups is 1. The van der Waals surface area contributed by atoms with Gasteiger partial charge in [0.15, 0.2) is 0 Å². The molecule has 2 aliphatic heterocycles. The molecule has 0 aliphatic carbocycles. The zero-order chi connectivity index (χ0) is 13.3. The van der Waals surface area contributed by atoms with Crippen molar-refractivity contribution in [2.45, 2.75) is 48.4 Å². The number of hydrogen-bond donors (Lipinski definition) is 3. The minimum Gasteiger partial charge on any atom is -0.330 e. The first kappa shape index (κ1) is 16.7. The Morgan fingerprint density at radius 2 is 2.05 bits per heavy atom. The molecule has 2 fully saturated rings. The standard InChI is InChI=1S/C13H28N2S4/c14-7-3-1-2-4-12-5-6-13(18-17-12)19-11-9-15-8-10-16-19/h12-13,15,19H,1-11,14H2. The van der Waals surface area contributed by atoms with Crippen LogP contribution in [0.15, 0.2) is 0 Å². The van der Waals surface area contributed by atoms with Crippen LogP contribution in [0.5, 0.6) is 0 Å². The van der Waals surface area contributed by atoms with Gasteiger partial charge in [0.25, 0.3) is 0 Å². The van der Waals surface area contributed by atoms with Gasteiger partial charge in [-0.25, -0.2) is 0 Å². The third-order valence-electron chi connectivity index (χ3n) is 3.63. The third kappa shape index (κ3) is 6.30. The summed E-state index contributed by atoms with van der Waals surface area (Å²) < 4.78 is 0.963. The van der Waals surface area contributed by atoms with Crippen LogP contribution in [-0.4, -0.2) is 41.0 Å². The Balaban J connectivity index is 1.61. The molecule has 2 nitrogen and oxygen atoms in total. The summed E-state index contributed by atoms with van der Waals surface area (Å²) in [7, 11) is 6.92. The van der Waals surface area contributed by atoms with Gasteiger partial charge < -0.3 is 11.1 Å². The highest BCUT2D eigenvalue weighted by Crippen LogP contribution is 2.57. The Morgan fingerprint density at radius 3 is 2.84 bits per heavy atom. The summed E-state index contributed by atoms with van der Waals surface area (Å²) in [4.78, 5) is 0. The molecule has 2 saturated heterocycles. The lowest BCUT2D eigenvalue weighted by Crippen LogP contribution is -2.19. The normalized spacial score (nSPS) is 34.9. The van der Waals surface area contributed by atoms with Crippen LogP contribution in [-0.2, 0) is 0 Å². The number of nitrogens with one attached hydrogen (secondary N) is 1. The monoisotopic (exact) mass is 340 g/mol. The molecule has 0 aromatic rings. The van der Waals surface area contributed by atoms with Crippen molar-refractivity contribution in [3.63, 3.8) is 0 Å². The van der Waals surface area contributed by atoms with Gasteiger partial charge in [-0.05, 0) is 38.0 Å². The molecule has 3 unspecified atom stereocenters. The van der Waals surface area contributed by atoms with Gasteiger partial charge in [0, 0.05) is 24.1 Å². The predicted molar refractivity (Wildman–Crippen MR) is 98.7 cm³/mol. The zero-order valence-electron chi connectivity index (χ0n) is 11.7. The molecular weight excluding hydrogens is 312 g/mol. The summed E-state index contributed by atoms with van der Waals surface area (Å²) in [6.45, 7) is 3.34. The number of hydrogen-bond acceptors (Lipinski definition) is 5. The molecule has 2 rings (SSSR count). The molecule has 0 spiro atoms. The molecule has 3 N–H and O–H groups in total. The molecule has 0 radical (unpaired) electrons. The second-order valence-electron chi connectivity index (χ2n) is 5.21. The fourth-order valence-electron chi connectivity index (χ4n) is 2.49. The van der Waals surface area contributed by atoms with Gasteiger partial charge in [-0.2, -0.15) is 9.93 Å². The van der Waals surface area contributed by atoms with Crippen LogP contribution in [0, 0.1) is 0 Å². The summed E-state index contributed by atoms with van der Waals surface area (Å²) in [5.41, 5.74) is 5.55. The molecule has 0 aromatic heterocycles. The SMILES string of the molecule is NCCCCCC1CCC([SH]2CCNCCS2)SS1. The molecule has 114 valence electrons. The van der Waals surface area contributed by atoms with Crippen molar-refractivity contribution >= 4 is 42.3 Å². The highest BCUT2D eigenvalue weighted by atomic mass is 33.2. The smallest absolute Gasteiger partial charge is 0.0509 e. The van der Waals surface area contributed by atoms with E-state index < -0.39 is 0 Å². The van der Waals surface area contributed by atoms with E-state index >= 15 is 0 Å². The fourth-order valence-corrected chi connectivity index (χ4v) is 13.1. The van der Waals surface area contributed by atoms with Crippen molar-refractivity contribution < 1.29 is 0 Å². The van der Waals surface area contributed by atoms with Gasteiger partial charge in [-0.3, -0.25) is 0 Å². The number of nitrogens with two attached hydrogens (primary N) is 1. The molecule has 6 heteroatoms. The second-order valence-corrected chi connectivity index (χ2v) is 13.1. The minimum absolute atomic E-state index is 0.226. The maximum Gasteiger partial charge on any atom is 0.0509 e. The molecule has 0 amide bonds. The largest absolute Gasteiger partial charge is 0.330 e. The molecule has 19 heavy (non-hydrogen) atoms. The van der Waals surface area contributed by atoms with Crippen LogP contribution >= 0.6 is 42.3 Å². The third-order valence-corrected chi connectivity index (χ3v) is 13.8. The van der Waals surface area contributed by atoms with E-state index in [1.807, 2.05) is 0 Å². The van der Waals surface area contributed by atoms with Crippen molar-refractivity contribution in [3.8, 4) is 0 Å². The molecule has 0 aromatic carbocycles. The van der Waals surface area contributed by atoms with Crippen molar-refractivity contribution in [3.05, 3.63) is 0 Å². The van der Waals surface area contributed by atoms with E-state index in [1.54, 1.807) is 0 Å². The van der Waals surface area contributed by atoms with E-state index in [0.29, 0.717) is 0 Å². The van der Waals surface area contributed by atoms with Crippen LogP contribution in [0.2, 0.25) is 0 Å². The molecule has 2 heterocycles. The van der Waals surface area contributed by atoms with E-state index in [4.69, 9.17) is 5.73 Å². The lowest BCUT2D eigenvalue weighted by molar-refractivity contribution is 0.602. The molecule has 3 atom stereocenters. The van der Waals surface area contributed by atoms with E-state index in [-0.39, 0.29) is 9.93 Å². The molecule has 2 aliphatic rings. The maximum atomic E-state index is 5.55. The zero-order valence-corrected chi connectivity index (χ0v) is 15.0. The van der Waals surface area contributed by atoms with Gasteiger partial charge in [-0.15, -0.1) is 10.8 Å². The molecule has 0 saturated carbocycles. The fraction of sp³-hybridized carbons (Fsp3) is 1.00. The van der Waals surface area contributed by atoms with Crippen molar-refractivity contribution in [2.75, 3.05) is 31.1 Å². The van der Waals surface area contributed by atoms with E-state index in [1.165, 1.54) is 63.1 Å². The highest BCUT2D eigenvalue weighted by Gasteiger charge is 2.27.